The second-order valence-corrected chi connectivity index (χ2v) is 5.49. The molecule has 1 heterocycles. The van der Waals surface area contributed by atoms with Gasteiger partial charge in [0.15, 0.2) is 0 Å². The first-order chi connectivity index (χ1) is 6.97. The number of piperidine rings is 1. The zero-order valence-electron chi connectivity index (χ0n) is 9.67. The van der Waals surface area contributed by atoms with Crippen LogP contribution in [-0.4, -0.2) is 30.8 Å². The highest BCUT2D eigenvalue weighted by atomic mass is 16.6. The van der Waals surface area contributed by atoms with Gasteiger partial charge in [0.1, 0.15) is 5.60 Å². The molecule has 0 radical (unpaired) electrons. The predicted octanol–water partition coefficient (Wildman–Crippen LogP) is 1.12. The van der Waals surface area contributed by atoms with Crippen LogP contribution in [0.25, 0.3) is 0 Å². The van der Waals surface area contributed by atoms with Crippen molar-refractivity contribution in [3.8, 4) is 0 Å². The summed E-state index contributed by atoms with van der Waals surface area (Å²) < 4.78 is 5.22. The van der Waals surface area contributed by atoms with E-state index in [-0.39, 0.29) is 6.09 Å². The molecular formula is C11H20N2O2. The fourth-order valence-corrected chi connectivity index (χ4v) is 2.31. The van der Waals surface area contributed by atoms with Gasteiger partial charge in [0.05, 0.1) is 0 Å². The van der Waals surface area contributed by atoms with Gasteiger partial charge in [-0.15, -0.1) is 0 Å². The monoisotopic (exact) mass is 212 g/mol. The summed E-state index contributed by atoms with van der Waals surface area (Å²) in [5.41, 5.74) is -0.400. The molecule has 1 amide bonds. The molecule has 86 valence electrons. The van der Waals surface area contributed by atoms with Gasteiger partial charge < -0.3 is 15.4 Å². The maximum absolute atomic E-state index is 11.5. The molecule has 0 aromatic heterocycles. The summed E-state index contributed by atoms with van der Waals surface area (Å²) in [6, 6.07) is 0.342. The third-order valence-corrected chi connectivity index (χ3v) is 3.05. The van der Waals surface area contributed by atoms with Gasteiger partial charge in [-0.05, 0) is 45.6 Å². The summed E-state index contributed by atoms with van der Waals surface area (Å²) in [5.74, 6) is 1.31. The first-order valence-electron chi connectivity index (χ1n) is 5.67. The SMILES string of the molecule is CC(C)(C)OC(=O)N[C@H]1[C@@H]2CNCC[C@@H]21. The van der Waals surface area contributed by atoms with Gasteiger partial charge in [-0.3, -0.25) is 0 Å². The van der Waals surface area contributed by atoms with Gasteiger partial charge in [-0.25, -0.2) is 4.79 Å². The Morgan fingerprint density at radius 2 is 2.13 bits per heavy atom. The third-order valence-electron chi connectivity index (χ3n) is 3.05. The molecule has 1 aliphatic heterocycles. The lowest BCUT2D eigenvalue weighted by Crippen LogP contribution is -2.35. The number of fused-ring (bicyclic) bond motifs is 1. The van der Waals surface area contributed by atoms with Gasteiger partial charge >= 0.3 is 6.09 Å². The molecule has 0 aromatic carbocycles. The normalized spacial score (nSPS) is 34.2. The second-order valence-electron chi connectivity index (χ2n) is 5.49. The number of nitrogens with one attached hydrogen (secondary N) is 2. The Morgan fingerprint density at radius 1 is 1.40 bits per heavy atom. The molecule has 2 N–H and O–H groups in total. The van der Waals surface area contributed by atoms with Crippen molar-refractivity contribution in [1.29, 1.82) is 0 Å². The molecule has 3 atom stereocenters. The largest absolute Gasteiger partial charge is 0.444 e. The fraction of sp³-hybridized carbons (Fsp3) is 0.909. The quantitative estimate of drug-likeness (QED) is 0.685. The summed E-state index contributed by atoms with van der Waals surface area (Å²) >= 11 is 0. The van der Waals surface area contributed by atoms with Crippen molar-refractivity contribution < 1.29 is 9.53 Å². The molecule has 1 saturated heterocycles. The molecule has 15 heavy (non-hydrogen) atoms. The first-order valence-corrected chi connectivity index (χ1v) is 5.67. The zero-order chi connectivity index (χ0) is 11.1. The average Bonchev–Trinajstić information content (AvgIpc) is 2.76. The standard InChI is InChI=1S/C11H20N2O2/c1-11(2,3)15-10(14)13-9-7-4-5-12-6-8(7)9/h7-9,12H,4-6H2,1-3H3,(H,13,14)/t7-,8+,9+/m0/s1. The molecule has 0 unspecified atom stereocenters. The number of carbonyl (C=O) groups excluding carboxylic acids is 1. The first kappa shape index (κ1) is 10.7. The Bertz CT molecular complexity index is 248. The molecule has 4 heteroatoms. The summed E-state index contributed by atoms with van der Waals surface area (Å²) in [6.07, 6.45) is 0.896. The van der Waals surface area contributed by atoms with E-state index in [9.17, 15) is 4.79 Å². The van der Waals surface area contributed by atoms with E-state index in [1.54, 1.807) is 0 Å². The number of carbonyl (C=O) groups is 1. The van der Waals surface area contributed by atoms with Crippen molar-refractivity contribution >= 4 is 6.09 Å². The highest BCUT2D eigenvalue weighted by Crippen LogP contribution is 2.43. The van der Waals surface area contributed by atoms with Crippen molar-refractivity contribution in [3.63, 3.8) is 0 Å². The van der Waals surface area contributed by atoms with E-state index in [0.29, 0.717) is 17.9 Å². The Hall–Kier alpha value is -0.770. The Balaban J connectivity index is 1.76. The van der Waals surface area contributed by atoms with Crippen LogP contribution in [0.2, 0.25) is 0 Å². The van der Waals surface area contributed by atoms with Crippen LogP contribution < -0.4 is 10.6 Å². The van der Waals surface area contributed by atoms with Crippen LogP contribution in [-0.2, 0) is 4.74 Å². The molecule has 2 fully saturated rings. The van der Waals surface area contributed by atoms with Crippen molar-refractivity contribution in [2.24, 2.45) is 11.8 Å². The predicted molar refractivity (Wildman–Crippen MR) is 57.6 cm³/mol. The minimum Gasteiger partial charge on any atom is -0.444 e. The summed E-state index contributed by atoms with van der Waals surface area (Å²) in [4.78, 5) is 11.5. The van der Waals surface area contributed by atoms with E-state index in [1.807, 2.05) is 20.8 Å². The number of ether oxygens (including phenoxy) is 1. The molecule has 0 aromatic rings. The van der Waals surface area contributed by atoms with Gasteiger partial charge in [0.2, 0.25) is 0 Å². The van der Waals surface area contributed by atoms with E-state index >= 15 is 0 Å². The van der Waals surface area contributed by atoms with Crippen molar-refractivity contribution in [1.82, 2.24) is 10.6 Å². The Morgan fingerprint density at radius 3 is 2.67 bits per heavy atom. The van der Waals surface area contributed by atoms with Crippen LogP contribution in [0, 0.1) is 11.8 Å². The second kappa shape index (κ2) is 3.67. The Labute approximate surface area is 90.8 Å². The van der Waals surface area contributed by atoms with Crippen molar-refractivity contribution in [2.45, 2.75) is 38.8 Å². The maximum Gasteiger partial charge on any atom is 0.407 e. The number of rotatable bonds is 1. The molecular weight excluding hydrogens is 192 g/mol. The van der Waals surface area contributed by atoms with Crippen LogP contribution >= 0.6 is 0 Å². The van der Waals surface area contributed by atoms with Crippen LogP contribution in [0.5, 0.6) is 0 Å². The van der Waals surface area contributed by atoms with Gasteiger partial charge in [0.25, 0.3) is 0 Å². The zero-order valence-corrected chi connectivity index (χ0v) is 9.67. The lowest BCUT2D eigenvalue weighted by atomic mass is 10.2. The van der Waals surface area contributed by atoms with Gasteiger partial charge in [-0.1, -0.05) is 0 Å². The van der Waals surface area contributed by atoms with Crippen LogP contribution in [0.15, 0.2) is 0 Å². The highest BCUT2D eigenvalue weighted by Gasteiger charge is 2.51. The van der Waals surface area contributed by atoms with Crippen LogP contribution in [0.4, 0.5) is 4.79 Å². The van der Waals surface area contributed by atoms with Crippen molar-refractivity contribution in [3.05, 3.63) is 0 Å². The van der Waals surface area contributed by atoms with E-state index in [1.165, 1.54) is 6.42 Å². The van der Waals surface area contributed by atoms with Crippen LogP contribution in [0.1, 0.15) is 27.2 Å². The number of hydrogen-bond donors (Lipinski definition) is 2. The molecule has 0 bridgehead atoms. The summed E-state index contributed by atoms with van der Waals surface area (Å²) in [5, 5.41) is 6.29. The van der Waals surface area contributed by atoms with Crippen LogP contribution in [0.3, 0.4) is 0 Å². The minimum atomic E-state index is -0.400. The van der Waals surface area contributed by atoms with E-state index < -0.39 is 5.60 Å². The number of hydrogen-bond acceptors (Lipinski definition) is 3. The topological polar surface area (TPSA) is 50.4 Å². The number of alkyl carbamates (subject to hydrolysis) is 1. The molecule has 1 aliphatic carbocycles. The third kappa shape index (κ3) is 2.62. The van der Waals surface area contributed by atoms with Gasteiger partial charge in [0, 0.05) is 12.6 Å². The minimum absolute atomic E-state index is 0.276. The molecule has 2 aliphatic rings. The summed E-state index contributed by atoms with van der Waals surface area (Å²) in [6.45, 7) is 7.76. The smallest absolute Gasteiger partial charge is 0.407 e. The molecule has 0 spiro atoms. The summed E-state index contributed by atoms with van der Waals surface area (Å²) in [7, 11) is 0. The molecule has 2 rings (SSSR count). The van der Waals surface area contributed by atoms with Gasteiger partial charge in [-0.2, -0.15) is 0 Å². The van der Waals surface area contributed by atoms with Crippen molar-refractivity contribution in [2.75, 3.05) is 13.1 Å². The maximum atomic E-state index is 11.5. The fourth-order valence-electron chi connectivity index (χ4n) is 2.31. The highest BCUT2D eigenvalue weighted by molar-refractivity contribution is 5.68. The molecule has 1 saturated carbocycles. The number of amides is 1. The van der Waals surface area contributed by atoms with E-state index in [0.717, 1.165) is 13.1 Å². The Kier molecular flexibility index (Phi) is 2.63. The van der Waals surface area contributed by atoms with E-state index in [2.05, 4.69) is 10.6 Å². The lowest BCUT2D eigenvalue weighted by molar-refractivity contribution is 0.0519. The van der Waals surface area contributed by atoms with E-state index in [4.69, 9.17) is 4.74 Å². The lowest BCUT2D eigenvalue weighted by Gasteiger charge is -2.19. The molecule has 4 nitrogen and oxygen atoms in total. The average molecular weight is 212 g/mol.